The van der Waals surface area contributed by atoms with E-state index in [1.807, 2.05) is 5.32 Å². The van der Waals surface area contributed by atoms with Crippen LogP contribution in [0.15, 0.2) is 18.2 Å². The van der Waals surface area contributed by atoms with Crippen LogP contribution in [0.4, 0.5) is 9.18 Å². The highest BCUT2D eigenvalue weighted by Crippen LogP contribution is 2.25. The number of imide groups is 1. The molecule has 17 heavy (non-hydrogen) atoms. The Morgan fingerprint density at radius 1 is 1.53 bits per heavy atom. The van der Waals surface area contributed by atoms with Crippen LogP contribution in [0.25, 0.3) is 0 Å². The number of carbonyl (C=O) groups excluding carboxylic acids is 2. The summed E-state index contributed by atoms with van der Waals surface area (Å²) in [6.07, 6.45) is -0.981. The van der Waals surface area contributed by atoms with Gasteiger partial charge in [-0.1, -0.05) is 11.6 Å². The first kappa shape index (κ1) is 13.2. The van der Waals surface area contributed by atoms with Crippen molar-refractivity contribution in [3.05, 3.63) is 29.0 Å². The van der Waals surface area contributed by atoms with Crippen LogP contribution in [0, 0.1) is 5.82 Å². The third-order valence-corrected chi connectivity index (χ3v) is 2.11. The minimum Gasteiger partial charge on any atom is -0.479 e. The van der Waals surface area contributed by atoms with Gasteiger partial charge in [0.25, 0.3) is 5.91 Å². The predicted octanol–water partition coefficient (Wildman–Crippen LogP) is 1.44. The Morgan fingerprint density at radius 2 is 2.18 bits per heavy atom. The number of urea groups is 1. The number of carbonyl (C=O) groups is 2. The molecule has 1 aromatic carbocycles. The molecular weight excluding hydrogens is 251 g/mol. The zero-order valence-corrected chi connectivity index (χ0v) is 9.62. The minimum absolute atomic E-state index is 0.0312. The Labute approximate surface area is 102 Å². The molecule has 1 aromatic rings. The number of nitrogens with one attached hydrogen (secondary N) is 1. The number of benzene rings is 1. The monoisotopic (exact) mass is 260 g/mol. The van der Waals surface area contributed by atoms with Crippen molar-refractivity contribution in [1.82, 2.24) is 5.32 Å². The molecule has 3 amide bonds. The second-order valence-electron chi connectivity index (χ2n) is 3.19. The average molecular weight is 261 g/mol. The third-order valence-electron chi connectivity index (χ3n) is 1.81. The molecule has 3 N–H and O–H groups in total. The van der Waals surface area contributed by atoms with Gasteiger partial charge in [0.1, 0.15) is 11.6 Å². The molecule has 1 rings (SSSR count). The molecule has 7 heteroatoms. The molecule has 0 radical (unpaired) electrons. The number of halogens is 2. The van der Waals surface area contributed by atoms with Crippen molar-refractivity contribution in [3.8, 4) is 5.75 Å². The zero-order valence-electron chi connectivity index (χ0n) is 8.87. The molecule has 5 nitrogen and oxygen atoms in total. The predicted molar refractivity (Wildman–Crippen MR) is 59.2 cm³/mol. The highest BCUT2D eigenvalue weighted by molar-refractivity contribution is 6.32. The van der Waals surface area contributed by atoms with Gasteiger partial charge in [-0.2, -0.15) is 0 Å². The van der Waals surface area contributed by atoms with E-state index in [0.717, 1.165) is 12.1 Å². The second-order valence-corrected chi connectivity index (χ2v) is 3.60. The van der Waals surface area contributed by atoms with Crippen LogP contribution in [0.3, 0.4) is 0 Å². The average Bonchev–Trinajstić information content (AvgIpc) is 2.21. The lowest BCUT2D eigenvalue weighted by atomic mass is 10.3. The maximum atomic E-state index is 12.7. The Morgan fingerprint density at radius 3 is 2.71 bits per heavy atom. The van der Waals surface area contributed by atoms with Crippen LogP contribution in [0.1, 0.15) is 6.92 Å². The summed E-state index contributed by atoms with van der Waals surface area (Å²) in [4.78, 5) is 21.7. The van der Waals surface area contributed by atoms with Crippen molar-refractivity contribution in [3.63, 3.8) is 0 Å². The Balaban J connectivity index is 2.70. The van der Waals surface area contributed by atoms with Crippen LogP contribution in [0.2, 0.25) is 5.02 Å². The van der Waals surface area contributed by atoms with Gasteiger partial charge in [-0.05, 0) is 25.1 Å². The molecule has 0 fully saturated rings. The lowest BCUT2D eigenvalue weighted by molar-refractivity contribution is -0.126. The summed E-state index contributed by atoms with van der Waals surface area (Å²) in [6, 6.07) is 2.50. The molecule has 0 aromatic heterocycles. The van der Waals surface area contributed by atoms with Crippen LogP contribution in [-0.2, 0) is 4.79 Å². The van der Waals surface area contributed by atoms with E-state index in [0.29, 0.717) is 0 Å². The lowest BCUT2D eigenvalue weighted by Crippen LogP contribution is -2.42. The summed E-state index contributed by atoms with van der Waals surface area (Å²) in [6.45, 7) is 1.40. The topological polar surface area (TPSA) is 81.4 Å². The molecule has 0 aliphatic rings. The van der Waals surface area contributed by atoms with Crippen molar-refractivity contribution in [1.29, 1.82) is 0 Å². The fraction of sp³-hybridized carbons (Fsp3) is 0.200. The van der Waals surface area contributed by atoms with Gasteiger partial charge >= 0.3 is 6.03 Å². The highest BCUT2D eigenvalue weighted by Gasteiger charge is 2.17. The zero-order chi connectivity index (χ0) is 13.0. The molecule has 92 valence electrons. The summed E-state index contributed by atoms with van der Waals surface area (Å²) in [5, 5.41) is 1.88. The quantitative estimate of drug-likeness (QED) is 0.863. The lowest BCUT2D eigenvalue weighted by Gasteiger charge is -2.14. The van der Waals surface area contributed by atoms with Crippen molar-refractivity contribution < 1.29 is 18.7 Å². The molecule has 0 spiro atoms. The van der Waals surface area contributed by atoms with Crippen LogP contribution < -0.4 is 15.8 Å². The van der Waals surface area contributed by atoms with Crippen molar-refractivity contribution in [2.24, 2.45) is 5.73 Å². The first-order valence-corrected chi connectivity index (χ1v) is 5.00. The van der Waals surface area contributed by atoms with Gasteiger partial charge in [-0.15, -0.1) is 0 Å². The largest absolute Gasteiger partial charge is 0.479 e. The van der Waals surface area contributed by atoms with E-state index < -0.39 is 23.9 Å². The Kier molecular flexibility index (Phi) is 4.28. The molecule has 0 aliphatic carbocycles. The normalized spacial score (nSPS) is 11.7. The van der Waals surface area contributed by atoms with E-state index in [1.165, 1.54) is 13.0 Å². The maximum Gasteiger partial charge on any atom is 0.318 e. The molecule has 0 bridgehead atoms. The summed E-state index contributed by atoms with van der Waals surface area (Å²) in [7, 11) is 0. The van der Waals surface area contributed by atoms with E-state index in [4.69, 9.17) is 22.1 Å². The van der Waals surface area contributed by atoms with Gasteiger partial charge < -0.3 is 10.5 Å². The smallest absolute Gasteiger partial charge is 0.318 e. The summed E-state index contributed by atoms with van der Waals surface area (Å²) < 4.78 is 17.9. The van der Waals surface area contributed by atoms with Crippen molar-refractivity contribution >= 4 is 23.5 Å². The maximum absolute atomic E-state index is 12.7. The number of primary amides is 1. The van der Waals surface area contributed by atoms with Gasteiger partial charge in [0, 0.05) is 0 Å². The molecule has 0 saturated heterocycles. The first-order valence-electron chi connectivity index (χ1n) is 4.62. The van der Waals surface area contributed by atoms with E-state index in [1.54, 1.807) is 0 Å². The Hall–Kier alpha value is -1.82. The molecular formula is C10H10ClFN2O3. The molecule has 0 heterocycles. The number of nitrogens with two attached hydrogens (primary N) is 1. The highest BCUT2D eigenvalue weighted by atomic mass is 35.5. The molecule has 1 atom stereocenters. The van der Waals surface area contributed by atoms with Crippen LogP contribution in [0.5, 0.6) is 5.75 Å². The van der Waals surface area contributed by atoms with Gasteiger partial charge in [-0.25, -0.2) is 9.18 Å². The molecule has 0 aliphatic heterocycles. The molecule has 0 unspecified atom stereocenters. The summed E-state index contributed by atoms with van der Waals surface area (Å²) in [5.41, 5.74) is 4.77. The van der Waals surface area contributed by atoms with E-state index in [-0.39, 0.29) is 10.8 Å². The van der Waals surface area contributed by atoms with Crippen LogP contribution >= 0.6 is 11.6 Å². The SMILES string of the molecule is C[C@H](Oc1ccc(F)cc1Cl)C(=O)NC(N)=O. The van der Waals surface area contributed by atoms with Crippen molar-refractivity contribution in [2.75, 3.05) is 0 Å². The van der Waals surface area contributed by atoms with E-state index >= 15 is 0 Å². The van der Waals surface area contributed by atoms with E-state index in [2.05, 4.69) is 0 Å². The fourth-order valence-electron chi connectivity index (χ4n) is 1.04. The van der Waals surface area contributed by atoms with Gasteiger partial charge in [-0.3, -0.25) is 10.1 Å². The number of ether oxygens (including phenoxy) is 1. The van der Waals surface area contributed by atoms with E-state index in [9.17, 15) is 14.0 Å². The standard InChI is InChI=1S/C10H10ClFN2O3/c1-5(9(15)14-10(13)16)17-8-3-2-6(12)4-7(8)11/h2-5H,1H3,(H3,13,14,15,16)/t5-/m0/s1. The molecule has 0 saturated carbocycles. The van der Waals surface area contributed by atoms with Gasteiger partial charge in [0.05, 0.1) is 5.02 Å². The van der Waals surface area contributed by atoms with Crippen molar-refractivity contribution in [2.45, 2.75) is 13.0 Å². The second kappa shape index (κ2) is 5.49. The number of amides is 3. The fourth-order valence-corrected chi connectivity index (χ4v) is 1.25. The number of hydrogen-bond acceptors (Lipinski definition) is 3. The van der Waals surface area contributed by atoms with Crippen LogP contribution in [-0.4, -0.2) is 18.0 Å². The number of rotatable bonds is 3. The Bertz CT molecular complexity index is 453. The summed E-state index contributed by atoms with van der Waals surface area (Å²) >= 11 is 5.70. The van der Waals surface area contributed by atoms with Gasteiger partial charge in [0.15, 0.2) is 6.10 Å². The number of hydrogen-bond donors (Lipinski definition) is 2. The minimum atomic E-state index is -0.981. The first-order chi connectivity index (χ1) is 7.90. The third kappa shape index (κ3) is 3.92. The van der Waals surface area contributed by atoms with Gasteiger partial charge in [0.2, 0.25) is 0 Å². The summed E-state index contributed by atoms with van der Waals surface area (Å²) in [5.74, 6) is -1.09.